The molecule has 0 aromatic heterocycles. The number of rotatable bonds is 3. The Morgan fingerprint density at radius 2 is 1.82 bits per heavy atom. The number of carbonyl (C=O) groups excluding carboxylic acids is 1. The zero-order valence-corrected chi connectivity index (χ0v) is 14.0. The van der Waals surface area contributed by atoms with E-state index in [2.05, 4.69) is 13.8 Å². The number of benzene rings is 1. The van der Waals surface area contributed by atoms with Crippen LogP contribution in [0.1, 0.15) is 44.8 Å². The Bertz CT molecular complexity index is 547. The number of hydrogen-bond acceptors (Lipinski definition) is 2. The van der Waals surface area contributed by atoms with E-state index < -0.39 is 6.10 Å². The predicted molar refractivity (Wildman–Crippen MR) is 87.6 cm³/mol. The van der Waals surface area contributed by atoms with E-state index in [1.165, 1.54) is 0 Å². The maximum Gasteiger partial charge on any atom is 0.226 e. The largest absolute Gasteiger partial charge is 0.388 e. The van der Waals surface area contributed by atoms with Crippen LogP contribution >= 0.6 is 11.6 Å². The first-order chi connectivity index (χ1) is 10.4. The van der Waals surface area contributed by atoms with E-state index in [0.717, 1.165) is 37.9 Å². The molecule has 2 unspecified atom stereocenters. The first-order valence-electron chi connectivity index (χ1n) is 8.11. The molecule has 2 aliphatic rings. The molecule has 3 nitrogen and oxygen atoms in total. The molecule has 1 aromatic rings. The number of aliphatic hydroxyl groups is 1. The highest BCUT2D eigenvalue weighted by atomic mass is 35.5. The van der Waals surface area contributed by atoms with Gasteiger partial charge in [0, 0.05) is 24.0 Å². The average Bonchev–Trinajstić information content (AvgIpc) is 3.15. The van der Waals surface area contributed by atoms with E-state index in [1.807, 2.05) is 29.2 Å². The lowest BCUT2D eigenvalue weighted by molar-refractivity contribution is -0.135. The zero-order valence-electron chi connectivity index (χ0n) is 13.3. The zero-order chi connectivity index (χ0) is 15.9. The second-order valence-corrected chi connectivity index (χ2v) is 7.84. The quantitative estimate of drug-likeness (QED) is 0.923. The minimum absolute atomic E-state index is 0.191. The van der Waals surface area contributed by atoms with Gasteiger partial charge in [-0.15, -0.1) is 0 Å². The minimum atomic E-state index is -0.466. The minimum Gasteiger partial charge on any atom is -0.388 e. The van der Waals surface area contributed by atoms with Crippen molar-refractivity contribution in [3.8, 4) is 0 Å². The van der Waals surface area contributed by atoms with Crippen molar-refractivity contribution in [2.45, 2.75) is 39.2 Å². The number of hydrogen-bond donors (Lipinski definition) is 1. The van der Waals surface area contributed by atoms with Crippen LogP contribution in [0.5, 0.6) is 0 Å². The Morgan fingerprint density at radius 3 is 2.32 bits per heavy atom. The van der Waals surface area contributed by atoms with E-state index in [-0.39, 0.29) is 17.3 Å². The first kappa shape index (κ1) is 15.8. The van der Waals surface area contributed by atoms with Gasteiger partial charge in [0.25, 0.3) is 0 Å². The van der Waals surface area contributed by atoms with Gasteiger partial charge < -0.3 is 10.0 Å². The topological polar surface area (TPSA) is 40.5 Å². The van der Waals surface area contributed by atoms with Crippen molar-refractivity contribution in [2.75, 3.05) is 13.1 Å². The summed E-state index contributed by atoms with van der Waals surface area (Å²) in [6.07, 6.45) is 2.27. The molecule has 2 fully saturated rings. The van der Waals surface area contributed by atoms with Crippen LogP contribution in [-0.4, -0.2) is 29.0 Å². The molecule has 1 saturated heterocycles. The number of halogens is 1. The maximum absolute atomic E-state index is 12.4. The van der Waals surface area contributed by atoms with Crippen molar-refractivity contribution in [1.82, 2.24) is 4.90 Å². The fourth-order valence-corrected chi connectivity index (χ4v) is 3.60. The van der Waals surface area contributed by atoms with Crippen LogP contribution < -0.4 is 0 Å². The molecule has 0 radical (unpaired) electrons. The Morgan fingerprint density at radius 1 is 1.27 bits per heavy atom. The van der Waals surface area contributed by atoms with Crippen LogP contribution in [0.15, 0.2) is 24.3 Å². The summed E-state index contributed by atoms with van der Waals surface area (Å²) in [6, 6.07) is 7.40. The van der Waals surface area contributed by atoms with Crippen LogP contribution in [-0.2, 0) is 4.79 Å². The lowest BCUT2D eigenvalue weighted by Gasteiger charge is -2.34. The SMILES string of the molecule is CC1(C)CC1C(=O)N1CCC(C(O)c2ccc(Cl)cc2)CC1. The van der Waals surface area contributed by atoms with Crippen molar-refractivity contribution in [3.63, 3.8) is 0 Å². The Kier molecular flexibility index (Phi) is 4.21. The summed E-state index contributed by atoms with van der Waals surface area (Å²) in [5.74, 6) is 0.743. The Hall–Kier alpha value is -1.06. The second-order valence-electron chi connectivity index (χ2n) is 7.40. The molecular formula is C18H24ClNO2. The molecule has 1 aromatic carbocycles. The summed E-state index contributed by atoms with van der Waals surface area (Å²) in [7, 11) is 0. The molecule has 2 atom stereocenters. The van der Waals surface area contributed by atoms with Gasteiger partial charge in [-0.1, -0.05) is 37.6 Å². The number of aliphatic hydroxyl groups excluding tert-OH is 1. The van der Waals surface area contributed by atoms with Gasteiger partial charge in [-0.2, -0.15) is 0 Å². The van der Waals surface area contributed by atoms with Gasteiger partial charge in [-0.3, -0.25) is 4.79 Å². The third kappa shape index (κ3) is 3.16. The van der Waals surface area contributed by atoms with Crippen molar-refractivity contribution < 1.29 is 9.90 Å². The highest BCUT2D eigenvalue weighted by Crippen LogP contribution is 2.52. The molecule has 120 valence electrons. The van der Waals surface area contributed by atoms with Crippen molar-refractivity contribution in [3.05, 3.63) is 34.9 Å². The molecule has 1 amide bonds. The Labute approximate surface area is 137 Å². The molecule has 1 saturated carbocycles. The van der Waals surface area contributed by atoms with Crippen LogP contribution in [0, 0.1) is 17.3 Å². The van der Waals surface area contributed by atoms with Gasteiger partial charge in [0.2, 0.25) is 5.91 Å². The van der Waals surface area contributed by atoms with Gasteiger partial charge in [-0.25, -0.2) is 0 Å². The lowest BCUT2D eigenvalue weighted by Crippen LogP contribution is -2.41. The number of nitrogens with zero attached hydrogens (tertiary/aromatic N) is 1. The number of amides is 1. The third-order valence-electron chi connectivity index (χ3n) is 5.32. The molecule has 1 aliphatic carbocycles. The molecular weight excluding hydrogens is 298 g/mol. The van der Waals surface area contributed by atoms with Crippen LogP contribution in [0.3, 0.4) is 0 Å². The Balaban J connectivity index is 1.55. The second kappa shape index (κ2) is 5.86. The molecule has 0 bridgehead atoms. The predicted octanol–water partition coefficient (Wildman–Crippen LogP) is 3.66. The van der Waals surface area contributed by atoms with Crippen molar-refractivity contribution in [1.29, 1.82) is 0 Å². The molecule has 3 rings (SSSR count). The lowest BCUT2D eigenvalue weighted by atomic mass is 9.87. The van der Waals surface area contributed by atoms with Gasteiger partial charge in [0.05, 0.1) is 6.10 Å². The van der Waals surface area contributed by atoms with E-state index in [4.69, 9.17) is 11.6 Å². The van der Waals surface area contributed by atoms with Crippen molar-refractivity contribution >= 4 is 17.5 Å². The summed E-state index contributed by atoms with van der Waals surface area (Å²) in [4.78, 5) is 14.4. The van der Waals surface area contributed by atoms with Gasteiger partial charge in [0.1, 0.15) is 0 Å². The van der Waals surface area contributed by atoms with Crippen LogP contribution in [0.25, 0.3) is 0 Å². The summed E-state index contributed by atoms with van der Waals surface area (Å²) in [6.45, 7) is 5.85. The molecule has 0 spiro atoms. The fraction of sp³-hybridized carbons (Fsp3) is 0.611. The summed E-state index contributed by atoms with van der Waals surface area (Å²) in [5, 5.41) is 11.2. The van der Waals surface area contributed by atoms with Crippen LogP contribution in [0.4, 0.5) is 0 Å². The highest BCUT2D eigenvalue weighted by molar-refractivity contribution is 6.30. The number of likely N-dealkylation sites (tertiary alicyclic amines) is 1. The number of carbonyl (C=O) groups is 1. The van der Waals surface area contributed by atoms with E-state index in [1.54, 1.807) is 0 Å². The first-order valence-corrected chi connectivity index (χ1v) is 8.48. The van der Waals surface area contributed by atoms with E-state index in [0.29, 0.717) is 10.9 Å². The van der Waals surface area contributed by atoms with Gasteiger partial charge in [0.15, 0.2) is 0 Å². The van der Waals surface area contributed by atoms with Crippen LogP contribution in [0.2, 0.25) is 5.02 Å². The highest BCUT2D eigenvalue weighted by Gasteiger charge is 2.52. The molecule has 22 heavy (non-hydrogen) atoms. The standard InChI is InChI=1S/C18H24ClNO2/c1-18(2)11-15(18)17(22)20-9-7-13(8-10-20)16(21)12-3-5-14(19)6-4-12/h3-6,13,15-16,21H,7-11H2,1-2H3. The van der Waals surface area contributed by atoms with Gasteiger partial charge in [-0.05, 0) is 48.3 Å². The maximum atomic E-state index is 12.4. The molecule has 1 heterocycles. The smallest absolute Gasteiger partial charge is 0.226 e. The molecule has 4 heteroatoms. The van der Waals surface area contributed by atoms with E-state index >= 15 is 0 Å². The monoisotopic (exact) mass is 321 g/mol. The fourth-order valence-electron chi connectivity index (χ4n) is 3.48. The van der Waals surface area contributed by atoms with Gasteiger partial charge >= 0.3 is 0 Å². The third-order valence-corrected chi connectivity index (χ3v) is 5.57. The van der Waals surface area contributed by atoms with E-state index in [9.17, 15) is 9.90 Å². The average molecular weight is 322 g/mol. The normalized spacial score (nSPS) is 25.8. The summed E-state index contributed by atoms with van der Waals surface area (Å²) < 4.78 is 0. The number of piperidine rings is 1. The van der Waals surface area contributed by atoms with Crippen molar-refractivity contribution in [2.24, 2.45) is 17.3 Å². The molecule has 1 aliphatic heterocycles. The molecule has 1 N–H and O–H groups in total. The summed E-state index contributed by atoms with van der Waals surface area (Å²) in [5.41, 5.74) is 1.11. The summed E-state index contributed by atoms with van der Waals surface area (Å²) >= 11 is 5.89.